The van der Waals surface area contributed by atoms with Crippen molar-refractivity contribution in [2.45, 2.75) is 25.4 Å². The lowest BCUT2D eigenvalue weighted by Crippen LogP contribution is -2.47. The highest BCUT2D eigenvalue weighted by atomic mass is 19.4. The highest BCUT2D eigenvalue weighted by Gasteiger charge is 2.60. The fourth-order valence-corrected chi connectivity index (χ4v) is 0.765. The van der Waals surface area contributed by atoms with Crippen molar-refractivity contribution < 1.29 is 26.3 Å². The zero-order valence-electron chi connectivity index (χ0n) is 9.26. The zero-order valence-corrected chi connectivity index (χ0v) is 9.26. The van der Waals surface area contributed by atoms with Gasteiger partial charge < -0.3 is 5.32 Å². The zero-order chi connectivity index (χ0) is 13.6. The molecule has 1 nitrogen and oxygen atoms in total. The number of nitrogens with one attached hydrogen (secondary N) is 1. The minimum atomic E-state index is -5.25. The minimum Gasteiger partial charge on any atom is -0.323 e. The number of hydrogen-bond donors (Lipinski definition) is 1. The van der Waals surface area contributed by atoms with Crippen LogP contribution < -0.4 is 5.32 Å². The first kappa shape index (κ1) is 17.7. The molecule has 0 aliphatic rings. The third-order valence-corrected chi connectivity index (χ3v) is 1.34. The van der Waals surface area contributed by atoms with E-state index in [0.29, 0.717) is 0 Å². The van der Waals surface area contributed by atoms with Crippen LogP contribution in [0.1, 0.15) is 6.92 Å². The van der Waals surface area contributed by atoms with Crippen LogP contribution in [0.3, 0.4) is 0 Å². The van der Waals surface area contributed by atoms with E-state index in [4.69, 9.17) is 0 Å². The number of hydrogen-bond acceptors (Lipinski definition) is 1. The Hall–Kier alpha value is -0.655. The molecule has 0 bridgehead atoms. The van der Waals surface area contributed by atoms with Crippen LogP contribution in [0.4, 0.5) is 26.3 Å². The molecule has 0 saturated heterocycles. The van der Waals surface area contributed by atoms with E-state index in [1.807, 2.05) is 14.1 Å². The average Bonchev–Trinajstić information content (AvgIpc) is 1.97. The molecule has 0 aromatic carbocycles. The first-order chi connectivity index (χ1) is 6.96. The van der Waals surface area contributed by atoms with E-state index in [9.17, 15) is 26.3 Å². The van der Waals surface area contributed by atoms with E-state index in [0.717, 1.165) is 6.92 Å². The third kappa shape index (κ3) is 8.64. The van der Waals surface area contributed by atoms with Crippen LogP contribution in [0.2, 0.25) is 6.32 Å². The highest BCUT2D eigenvalue weighted by Crippen LogP contribution is 2.35. The second kappa shape index (κ2) is 6.83. The van der Waals surface area contributed by atoms with Gasteiger partial charge in [0.2, 0.25) is 0 Å². The van der Waals surface area contributed by atoms with Crippen molar-refractivity contribution in [1.82, 2.24) is 5.32 Å². The smallest absolute Gasteiger partial charge is 0.323 e. The maximum absolute atomic E-state index is 11.8. The minimum absolute atomic E-state index is 0.139. The maximum Gasteiger partial charge on any atom is 0.404 e. The topological polar surface area (TPSA) is 12.0 Å². The molecule has 0 aliphatic heterocycles. The summed E-state index contributed by atoms with van der Waals surface area (Å²) in [5.74, 6) is 0. The van der Waals surface area contributed by atoms with Gasteiger partial charge in [-0.05, 0) is 27.3 Å². The van der Waals surface area contributed by atoms with Gasteiger partial charge in [-0.15, -0.1) is 6.58 Å². The van der Waals surface area contributed by atoms with Crippen LogP contribution in [0.25, 0.3) is 0 Å². The molecule has 0 heterocycles. The van der Waals surface area contributed by atoms with Crippen molar-refractivity contribution in [3.05, 3.63) is 12.2 Å². The molecule has 0 aromatic rings. The van der Waals surface area contributed by atoms with Gasteiger partial charge in [-0.3, -0.25) is 0 Å². The normalized spacial score (nSPS) is 11.6. The van der Waals surface area contributed by atoms with Crippen LogP contribution in [-0.4, -0.2) is 33.0 Å². The molecule has 0 aliphatic carbocycles. The van der Waals surface area contributed by atoms with Gasteiger partial charge >= 0.3 is 18.9 Å². The van der Waals surface area contributed by atoms with E-state index >= 15 is 0 Å². The van der Waals surface area contributed by atoms with Crippen LogP contribution >= 0.6 is 0 Å². The number of allylic oxidation sites excluding steroid dienone is 1. The van der Waals surface area contributed by atoms with Gasteiger partial charge in [0.1, 0.15) is 0 Å². The van der Waals surface area contributed by atoms with Crippen molar-refractivity contribution in [2.24, 2.45) is 0 Å². The lowest BCUT2D eigenvalue weighted by atomic mass is 9.44. The summed E-state index contributed by atoms with van der Waals surface area (Å²) in [6.45, 7) is 0.857. The Bertz CT molecular complexity index is 196. The monoisotopic (exact) mass is 249 g/mol. The predicted octanol–water partition coefficient (Wildman–Crippen LogP) is 3.10. The summed E-state index contributed by atoms with van der Waals surface area (Å²) < 4.78 is 70.9. The van der Waals surface area contributed by atoms with E-state index < -0.39 is 25.2 Å². The van der Waals surface area contributed by atoms with E-state index in [2.05, 4.69) is 11.9 Å². The largest absolute Gasteiger partial charge is 0.404 e. The Kier molecular flexibility index (Phi) is 7.56. The Morgan fingerprint density at radius 1 is 1.06 bits per heavy atom. The Labute approximate surface area is 91.0 Å². The van der Waals surface area contributed by atoms with Gasteiger partial charge in [0, 0.05) is 0 Å². The van der Waals surface area contributed by atoms with Gasteiger partial charge in [0.15, 0.2) is 0 Å². The summed E-state index contributed by atoms with van der Waals surface area (Å²) in [5, 5.41) is 2.75. The number of halogens is 6. The lowest BCUT2D eigenvalue weighted by molar-refractivity contribution is -0.104. The third-order valence-electron chi connectivity index (χ3n) is 1.34. The molecule has 1 N–H and O–H groups in total. The molecule has 0 aromatic heterocycles. The quantitative estimate of drug-likeness (QED) is 0.450. The molecule has 0 radical (unpaired) electrons. The van der Waals surface area contributed by atoms with Gasteiger partial charge in [-0.1, -0.05) is 5.57 Å². The highest BCUT2D eigenvalue weighted by molar-refractivity contribution is 6.63. The summed E-state index contributed by atoms with van der Waals surface area (Å²) in [5.41, 5.74) is -0.139. The molecule has 0 atom stereocenters. The Balaban J connectivity index is 0. The van der Waals surface area contributed by atoms with Crippen LogP contribution in [0.15, 0.2) is 12.2 Å². The molecule has 16 heavy (non-hydrogen) atoms. The molecular formula is C8H14BF6N. The fraction of sp³-hybridized carbons (Fsp3) is 0.750. The van der Waals surface area contributed by atoms with Gasteiger partial charge in [-0.25, -0.2) is 0 Å². The number of rotatable bonds is 2. The molecular weight excluding hydrogens is 235 g/mol. The summed E-state index contributed by atoms with van der Waals surface area (Å²) >= 11 is 0. The van der Waals surface area contributed by atoms with Crippen molar-refractivity contribution in [3.8, 4) is 0 Å². The summed E-state index contributed by atoms with van der Waals surface area (Å²) in [7, 11) is 3.75. The molecule has 0 spiro atoms. The van der Waals surface area contributed by atoms with Crippen LogP contribution in [0, 0.1) is 0 Å². The van der Waals surface area contributed by atoms with Crippen LogP contribution in [-0.2, 0) is 0 Å². The second-order valence-electron chi connectivity index (χ2n) is 3.30. The number of alkyl halides is 6. The SMILES string of the molecule is C=C(C)CB(C(F)(F)F)C(F)(F)F.CNC. The lowest BCUT2D eigenvalue weighted by Gasteiger charge is -2.19. The summed E-state index contributed by atoms with van der Waals surface area (Å²) in [6.07, 6.45) is -11.6. The van der Waals surface area contributed by atoms with E-state index in [1.165, 1.54) is 0 Å². The molecule has 0 amide bonds. The second-order valence-corrected chi connectivity index (χ2v) is 3.30. The van der Waals surface area contributed by atoms with Crippen molar-refractivity contribution in [1.29, 1.82) is 0 Å². The molecule has 0 saturated carbocycles. The first-order valence-corrected chi connectivity index (χ1v) is 4.33. The summed E-state index contributed by atoms with van der Waals surface area (Å²) in [6, 6.07) is 0. The molecule has 0 unspecified atom stereocenters. The van der Waals surface area contributed by atoms with Gasteiger partial charge in [0.05, 0.1) is 0 Å². The average molecular weight is 249 g/mol. The summed E-state index contributed by atoms with van der Waals surface area (Å²) in [4.78, 5) is 0. The molecule has 0 fully saturated rings. The van der Waals surface area contributed by atoms with Crippen molar-refractivity contribution >= 4 is 6.71 Å². The molecule has 96 valence electrons. The Morgan fingerprint density at radius 2 is 1.31 bits per heavy atom. The standard InChI is InChI=1S/C6H7BF6.C2H7N/c1-4(2)3-7(5(8,9)10)6(11,12)13;1-3-2/h1,3H2,2H3;3H,1-2H3. The molecule has 0 rings (SSSR count). The Morgan fingerprint density at radius 3 is 1.38 bits per heavy atom. The predicted molar refractivity (Wildman–Crippen MR) is 52.5 cm³/mol. The van der Waals surface area contributed by atoms with Crippen LogP contribution in [0.5, 0.6) is 0 Å². The van der Waals surface area contributed by atoms with Gasteiger partial charge in [-0.2, -0.15) is 26.3 Å². The van der Waals surface area contributed by atoms with E-state index in [-0.39, 0.29) is 5.57 Å². The van der Waals surface area contributed by atoms with Crippen molar-refractivity contribution in [3.63, 3.8) is 0 Å². The first-order valence-electron chi connectivity index (χ1n) is 4.33. The van der Waals surface area contributed by atoms with E-state index in [1.54, 1.807) is 0 Å². The van der Waals surface area contributed by atoms with Gasteiger partial charge in [0.25, 0.3) is 0 Å². The molecule has 8 heteroatoms. The van der Waals surface area contributed by atoms with Crippen molar-refractivity contribution in [2.75, 3.05) is 14.1 Å². The maximum atomic E-state index is 11.8. The fourth-order valence-electron chi connectivity index (χ4n) is 0.765.